The van der Waals surface area contributed by atoms with Crippen LogP contribution in [0.1, 0.15) is 97.8 Å². The van der Waals surface area contributed by atoms with Gasteiger partial charge in [-0.3, -0.25) is 9.59 Å². The summed E-state index contributed by atoms with van der Waals surface area (Å²) in [6.45, 7) is 0. The second kappa shape index (κ2) is 6.84. The lowest BCUT2D eigenvalue weighted by molar-refractivity contribution is -0.0171. The van der Waals surface area contributed by atoms with Crippen molar-refractivity contribution in [2.24, 2.45) is 35.5 Å². The number of carbonyl (C=O) groups excluding carboxylic acids is 2. The molecule has 170 valence electrons. The Bertz CT molecular complexity index is 801. The largest absolute Gasteiger partial charge is 0.347 e. The lowest BCUT2D eigenvalue weighted by Crippen LogP contribution is -2.60. The Labute approximate surface area is 191 Å². The molecule has 0 atom stereocenters. The normalized spacial score (nSPS) is 45.1. The van der Waals surface area contributed by atoms with Crippen molar-refractivity contribution in [2.45, 2.75) is 88.1 Å². The summed E-state index contributed by atoms with van der Waals surface area (Å²) in [7, 11) is 0. The van der Waals surface area contributed by atoms with E-state index < -0.39 is 0 Å². The predicted molar refractivity (Wildman–Crippen MR) is 123 cm³/mol. The van der Waals surface area contributed by atoms with Crippen molar-refractivity contribution < 1.29 is 9.59 Å². The second-order valence-corrected chi connectivity index (χ2v) is 12.9. The van der Waals surface area contributed by atoms with E-state index in [-0.39, 0.29) is 22.9 Å². The van der Waals surface area contributed by atoms with Gasteiger partial charge in [-0.05, 0) is 137 Å². The van der Waals surface area contributed by atoms with Crippen LogP contribution in [0.3, 0.4) is 0 Å². The zero-order valence-corrected chi connectivity index (χ0v) is 19.1. The molecule has 8 fully saturated rings. The van der Waals surface area contributed by atoms with Crippen LogP contribution in [-0.2, 0) is 0 Å². The van der Waals surface area contributed by atoms with E-state index in [0.717, 1.165) is 74.0 Å². The number of hydrogen-bond acceptors (Lipinski definition) is 2. The molecular weight excluding hydrogens is 396 g/mol. The van der Waals surface area contributed by atoms with Crippen molar-refractivity contribution in [1.82, 2.24) is 10.6 Å². The maximum atomic E-state index is 13.1. The van der Waals surface area contributed by atoms with Gasteiger partial charge in [0.05, 0.1) is 0 Å². The zero-order chi connectivity index (χ0) is 21.5. The third kappa shape index (κ3) is 3.23. The minimum Gasteiger partial charge on any atom is -0.347 e. The highest BCUT2D eigenvalue weighted by atomic mass is 16.2. The van der Waals surface area contributed by atoms with Crippen LogP contribution in [0.5, 0.6) is 0 Å². The Morgan fingerprint density at radius 1 is 0.531 bits per heavy atom. The molecule has 0 aromatic heterocycles. The summed E-state index contributed by atoms with van der Waals surface area (Å²) in [4.78, 5) is 26.2. The highest BCUT2D eigenvalue weighted by molar-refractivity contribution is 5.98. The highest BCUT2D eigenvalue weighted by Crippen LogP contribution is 2.56. The van der Waals surface area contributed by atoms with E-state index in [9.17, 15) is 9.59 Å². The van der Waals surface area contributed by atoms with E-state index in [1.165, 1.54) is 38.5 Å². The second-order valence-electron chi connectivity index (χ2n) is 12.9. The Hall–Kier alpha value is -1.84. The van der Waals surface area contributed by atoms with Crippen LogP contribution in [-0.4, -0.2) is 22.9 Å². The van der Waals surface area contributed by atoms with Crippen molar-refractivity contribution in [2.75, 3.05) is 0 Å². The number of nitrogens with one attached hydrogen (secondary N) is 2. The Kier molecular flexibility index (Phi) is 4.19. The summed E-state index contributed by atoms with van der Waals surface area (Å²) in [6.07, 6.45) is 15.2. The highest BCUT2D eigenvalue weighted by Gasteiger charge is 2.52. The molecule has 0 saturated heterocycles. The monoisotopic (exact) mass is 432 g/mol. The van der Waals surface area contributed by atoms with E-state index in [0.29, 0.717) is 11.1 Å². The SMILES string of the molecule is O=C(NC12CC3CC(CC(C3)C1)C2)c1ccc(C(=O)NC23CC4CC(CC(C4)C2)C3)cc1. The molecule has 32 heavy (non-hydrogen) atoms. The van der Waals surface area contributed by atoms with Crippen LogP contribution in [0.25, 0.3) is 0 Å². The van der Waals surface area contributed by atoms with E-state index in [1.807, 2.05) is 24.3 Å². The van der Waals surface area contributed by atoms with Gasteiger partial charge < -0.3 is 10.6 Å². The first-order chi connectivity index (χ1) is 15.4. The molecule has 0 radical (unpaired) electrons. The van der Waals surface area contributed by atoms with Crippen molar-refractivity contribution in [3.63, 3.8) is 0 Å². The van der Waals surface area contributed by atoms with Gasteiger partial charge in [0.15, 0.2) is 0 Å². The molecule has 2 N–H and O–H groups in total. The molecule has 4 heteroatoms. The van der Waals surface area contributed by atoms with E-state index in [2.05, 4.69) is 10.6 Å². The number of rotatable bonds is 4. The fourth-order valence-electron chi connectivity index (χ4n) is 9.93. The van der Waals surface area contributed by atoms with Gasteiger partial charge in [0.1, 0.15) is 0 Å². The lowest BCUT2D eigenvalue weighted by Gasteiger charge is -2.57. The van der Waals surface area contributed by atoms with Gasteiger partial charge in [0, 0.05) is 22.2 Å². The molecule has 0 heterocycles. The molecule has 8 bridgehead atoms. The summed E-state index contributed by atoms with van der Waals surface area (Å²) >= 11 is 0. The van der Waals surface area contributed by atoms with Crippen molar-refractivity contribution in [3.05, 3.63) is 35.4 Å². The van der Waals surface area contributed by atoms with Crippen LogP contribution in [0.4, 0.5) is 0 Å². The smallest absolute Gasteiger partial charge is 0.251 e. The fraction of sp³-hybridized carbons (Fsp3) is 0.714. The maximum absolute atomic E-state index is 13.1. The molecule has 8 aliphatic carbocycles. The molecule has 8 saturated carbocycles. The Morgan fingerprint density at radius 2 is 0.781 bits per heavy atom. The van der Waals surface area contributed by atoms with Gasteiger partial charge in [-0.25, -0.2) is 0 Å². The number of benzene rings is 1. The molecule has 0 aliphatic heterocycles. The van der Waals surface area contributed by atoms with Gasteiger partial charge in [0.2, 0.25) is 0 Å². The summed E-state index contributed by atoms with van der Waals surface area (Å²) in [5.41, 5.74) is 1.43. The predicted octanol–water partition coefficient (Wildman–Crippen LogP) is 5.08. The molecule has 9 rings (SSSR count). The average molecular weight is 433 g/mol. The summed E-state index contributed by atoms with van der Waals surface area (Å²) in [5, 5.41) is 6.91. The van der Waals surface area contributed by atoms with Gasteiger partial charge in [0.25, 0.3) is 11.8 Å². The summed E-state index contributed by atoms with van der Waals surface area (Å²) in [5.74, 6) is 4.98. The molecule has 8 aliphatic rings. The van der Waals surface area contributed by atoms with E-state index >= 15 is 0 Å². The fourth-order valence-corrected chi connectivity index (χ4v) is 9.93. The molecule has 4 nitrogen and oxygen atoms in total. The average Bonchev–Trinajstić information content (AvgIpc) is 2.71. The molecule has 0 spiro atoms. The Balaban J connectivity index is 1.03. The van der Waals surface area contributed by atoms with E-state index in [1.54, 1.807) is 0 Å². The maximum Gasteiger partial charge on any atom is 0.251 e. The quantitative estimate of drug-likeness (QED) is 0.697. The molecule has 2 amide bonds. The number of hydrogen-bond donors (Lipinski definition) is 2. The van der Waals surface area contributed by atoms with Gasteiger partial charge in [-0.15, -0.1) is 0 Å². The van der Waals surface area contributed by atoms with Crippen LogP contribution in [0, 0.1) is 35.5 Å². The molecule has 1 aromatic carbocycles. The number of amides is 2. The third-order valence-corrected chi connectivity index (χ3v) is 10.2. The van der Waals surface area contributed by atoms with Crippen molar-refractivity contribution >= 4 is 11.8 Å². The zero-order valence-electron chi connectivity index (χ0n) is 19.1. The topological polar surface area (TPSA) is 58.2 Å². The van der Waals surface area contributed by atoms with Crippen LogP contribution in [0.15, 0.2) is 24.3 Å². The number of carbonyl (C=O) groups is 2. The van der Waals surface area contributed by atoms with Gasteiger partial charge in [-0.1, -0.05) is 0 Å². The van der Waals surface area contributed by atoms with Crippen LogP contribution >= 0.6 is 0 Å². The van der Waals surface area contributed by atoms with Crippen molar-refractivity contribution in [1.29, 1.82) is 0 Å². The minimum absolute atomic E-state index is 0.0282. The van der Waals surface area contributed by atoms with Gasteiger partial charge >= 0.3 is 0 Å². The lowest BCUT2D eigenvalue weighted by atomic mass is 9.53. The minimum atomic E-state index is 0.0282. The molecule has 1 aromatic rings. The summed E-state index contributed by atoms with van der Waals surface area (Å²) in [6, 6.07) is 7.41. The van der Waals surface area contributed by atoms with Gasteiger partial charge in [-0.2, -0.15) is 0 Å². The first-order valence-corrected chi connectivity index (χ1v) is 13.2. The third-order valence-electron chi connectivity index (χ3n) is 10.2. The van der Waals surface area contributed by atoms with Crippen LogP contribution in [0.2, 0.25) is 0 Å². The standard InChI is InChI=1S/C28H36N2O2/c31-25(29-27-11-17-5-18(12-27)7-19(6-17)13-27)23-1-2-24(4-3-23)26(32)30-28-14-20-8-21(15-28)10-22(9-20)16-28/h1-4,17-22H,5-16H2,(H,29,31)(H,30,32). The van der Waals surface area contributed by atoms with Crippen LogP contribution < -0.4 is 10.6 Å². The first kappa shape index (κ1) is 19.6. The Morgan fingerprint density at radius 3 is 1.03 bits per heavy atom. The first-order valence-electron chi connectivity index (χ1n) is 13.2. The van der Waals surface area contributed by atoms with E-state index in [4.69, 9.17) is 0 Å². The molecule has 0 unspecified atom stereocenters. The molecular formula is C28H36N2O2. The van der Waals surface area contributed by atoms with Crippen molar-refractivity contribution in [3.8, 4) is 0 Å². The summed E-state index contributed by atoms with van der Waals surface area (Å²) < 4.78 is 0.